The first-order valence-corrected chi connectivity index (χ1v) is 11.4. The van der Waals surface area contributed by atoms with E-state index in [-0.39, 0.29) is 17.9 Å². The normalized spacial score (nSPS) is 22.0. The van der Waals surface area contributed by atoms with E-state index in [0.29, 0.717) is 31.6 Å². The van der Waals surface area contributed by atoms with Crippen molar-refractivity contribution in [1.29, 1.82) is 0 Å². The quantitative estimate of drug-likeness (QED) is 0.746. The molecule has 4 rings (SSSR count). The monoisotopic (exact) mass is 421 g/mol. The van der Waals surface area contributed by atoms with Crippen LogP contribution in [-0.4, -0.2) is 56.9 Å². The van der Waals surface area contributed by atoms with E-state index < -0.39 is 12.1 Å². The molecule has 0 saturated carbocycles. The fraction of sp³-hybridized carbons (Fsp3) is 0.480. The standard InChI is InChI=1S/C25H31N3O3/c29-23(15-6-11-19-9-2-1-3-10-19)27-17-8-14-22(27)25(31)28-18-7-13-21(28)24(30)20-12-4-5-16-26-20/h1-5,9-10,12,16,21-22,24,30H,6-8,11,13-15,17-18H2/t21-,22-,24?/m0/s1. The number of hydrogen-bond donors (Lipinski definition) is 1. The Labute approximate surface area is 183 Å². The second kappa shape index (κ2) is 10.1. The highest BCUT2D eigenvalue weighted by Crippen LogP contribution is 2.31. The number of carbonyl (C=O) groups is 2. The van der Waals surface area contributed by atoms with Crippen LogP contribution in [0.25, 0.3) is 0 Å². The van der Waals surface area contributed by atoms with Crippen LogP contribution in [0.3, 0.4) is 0 Å². The summed E-state index contributed by atoms with van der Waals surface area (Å²) in [5.41, 5.74) is 1.82. The minimum Gasteiger partial charge on any atom is -0.385 e. The van der Waals surface area contributed by atoms with Crippen molar-refractivity contribution in [3.05, 3.63) is 66.0 Å². The van der Waals surface area contributed by atoms with Crippen LogP contribution in [0.15, 0.2) is 54.7 Å². The number of aliphatic hydroxyl groups excluding tert-OH is 1. The lowest BCUT2D eigenvalue weighted by atomic mass is 10.0. The number of likely N-dealkylation sites (tertiary alicyclic amines) is 2. The van der Waals surface area contributed by atoms with Crippen molar-refractivity contribution < 1.29 is 14.7 Å². The van der Waals surface area contributed by atoms with Crippen molar-refractivity contribution in [2.24, 2.45) is 0 Å². The number of amides is 2. The third-order valence-corrected chi connectivity index (χ3v) is 6.49. The van der Waals surface area contributed by atoms with E-state index in [2.05, 4.69) is 17.1 Å². The molecule has 6 nitrogen and oxygen atoms in total. The zero-order valence-corrected chi connectivity index (χ0v) is 17.9. The molecule has 0 spiro atoms. The summed E-state index contributed by atoms with van der Waals surface area (Å²) in [6, 6.07) is 14.9. The van der Waals surface area contributed by atoms with Gasteiger partial charge in [0.05, 0.1) is 11.7 Å². The first-order valence-electron chi connectivity index (χ1n) is 11.4. The first kappa shape index (κ1) is 21.5. The number of benzene rings is 1. The number of rotatable bonds is 7. The first-order chi connectivity index (χ1) is 15.1. The summed E-state index contributed by atoms with van der Waals surface area (Å²) in [5.74, 6) is 0.0409. The average Bonchev–Trinajstić information content (AvgIpc) is 3.49. The molecule has 2 aliphatic rings. The van der Waals surface area contributed by atoms with Gasteiger partial charge < -0.3 is 14.9 Å². The molecule has 0 aliphatic carbocycles. The lowest BCUT2D eigenvalue weighted by Crippen LogP contribution is -2.50. The molecular formula is C25H31N3O3. The number of hydrogen-bond acceptors (Lipinski definition) is 4. The van der Waals surface area contributed by atoms with E-state index in [4.69, 9.17) is 0 Å². The number of aryl methyl sites for hydroxylation is 1. The van der Waals surface area contributed by atoms with E-state index in [9.17, 15) is 14.7 Å². The summed E-state index contributed by atoms with van der Waals surface area (Å²) in [5, 5.41) is 10.8. The van der Waals surface area contributed by atoms with Gasteiger partial charge in [0.2, 0.25) is 11.8 Å². The summed E-state index contributed by atoms with van der Waals surface area (Å²) >= 11 is 0. The van der Waals surface area contributed by atoms with Crippen molar-refractivity contribution in [2.75, 3.05) is 13.1 Å². The van der Waals surface area contributed by atoms with Crippen molar-refractivity contribution in [1.82, 2.24) is 14.8 Å². The maximum Gasteiger partial charge on any atom is 0.245 e. The minimum atomic E-state index is -0.802. The summed E-state index contributed by atoms with van der Waals surface area (Å²) in [7, 11) is 0. The second-order valence-electron chi connectivity index (χ2n) is 8.52. The number of aliphatic hydroxyl groups is 1. The van der Waals surface area contributed by atoms with Crippen molar-refractivity contribution in [2.45, 2.75) is 63.1 Å². The Balaban J connectivity index is 1.37. The fourth-order valence-electron chi connectivity index (χ4n) is 4.89. The van der Waals surface area contributed by atoms with Gasteiger partial charge in [-0.05, 0) is 56.2 Å². The van der Waals surface area contributed by atoms with Gasteiger partial charge in [0.1, 0.15) is 12.1 Å². The van der Waals surface area contributed by atoms with Gasteiger partial charge in [-0.15, -0.1) is 0 Å². The van der Waals surface area contributed by atoms with E-state index in [1.807, 2.05) is 30.3 Å². The zero-order chi connectivity index (χ0) is 21.6. The molecule has 0 bridgehead atoms. The van der Waals surface area contributed by atoms with Crippen LogP contribution in [0.5, 0.6) is 0 Å². The highest BCUT2D eigenvalue weighted by Gasteiger charge is 2.42. The average molecular weight is 422 g/mol. The molecule has 3 heterocycles. The van der Waals surface area contributed by atoms with Crippen LogP contribution < -0.4 is 0 Å². The molecule has 3 atom stereocenters. The SMILES string of the molecule is O=C(CCCc1ccccc1)N1CCC[C@H]1C(=O)N1CCC[C@H]1C(O)c1ccccn1. The molecule has 2 aromatic rings. The van der Waals surface area contributed by atoms with Crippen molar-refractivity contribution in [3.8, 4) is 0 Å². The lowest BCUT2D eigenvalue weighted by Gasteiger charge is -2.33. The van der Waals surface area contributed by atoms with E-state index in [1.165, 1.54) is 5.56 Å². The van der Waals surface area contributed by atoms with Gasteiger partial charge in [-0.1, -0.05) is 36.4 Å². The van der Waals surface area contributed by atoms with Crippen LogP contribution in [0, 0.1) is 0 Å². The van der Waals surface area contributed by atoms with Gasteiger partial charge in [0, 0.05) is 25.7 Å². The van der Waals surface area contributed by atoms with Crippen LogP contribution >= 0.6 is 0 Å². The van der Waals surface area contributed by atoms with Crippen LogP contribution in [0.2, 0.25) is 0 Å². The largest absolute Gasteiger partial charge is 0.385 e. The predicted octanol–water partition coefficient (Wildman–Crippen LogP) is 3.12. The Bertz CT molecular complexity index is 874. The zero-order valence-electron chi connectivity index (χ0n) is 17.9. The van der Waals surface area contributed by atoms with Gasteiger partial charge >= 0.3 is 0 Å². The molecule has 2 saturated heterocycles. The van der Waals surface area contributed by atoms with Gasteiger partial charge in [0.15, 0.2) is 0 Å². The lowest BCUT2D eigenvalue weighted by molar-refractivity contribution is -0.145. The number of nitrogens with zero attached hydrogens (tertiary/aromatic N) is 3. The molecule has 31 heavy (non-hydrogen) atoms. The summed E-state index contributed by atoms with van der Waals surface area (Å²) < 4.78 is 0. The van der Waals surface area contributed by atoms with Gasteiger partial charge in [0.25, 0.3) is 0 Å². The Kier molecular flexibility index (Phi) is 6.97. The maximum absolute atomic E-state index is 13.4. The molecule has 2 aliphatic heterocycles. The van der Waals surface area contributed by atoms with Gasteiger partial charge in [-0.2, -0.15) is 0 Å². The molecule has 1 aromatic carbocycles. The van der Waals surface area contributed by atoms with E-state index >= 15 is 0 Å². The Hall–Kier alpha value is -2.73. The van der Waals surface area contributed by atoms with E-state index in [0.717, 1.165) is 32.1 Å². The molecule has 6 heteroatoms. The Morgan fingerprint density at radius 3 is 2.52 bits per heavy atom. The summed E-state index contributed by atoms with van der Waals surface area (Å²) in [4.78, 5) is 34.1. The van der Waals surface area contributed by atoms with Crippen LogP contribution in [0.4, 0.5) is 0 Å². The maximum atomic E-state index is 13.4. The second-order valence-corrected chi connectivity index (χ2v) is 8.52. The molecule has 1 N–H and O–H groups in total. The molecule has 2 amide bonds. The number of aromatic nitrogens is 1. The predicted molar refractivity (Wildman–Crippen MR) is 118 cm³/mol. The minimum absolute atomic E-state index is 0.0219. The van der Waals surface area contributed by atoms with Crippen LogP contribution in [0.1, 0.15) is 55.9 Å². The highest BCUT2D eigenvalue weighted by atomic mass is 16.3. The number of carbonyl (C=O) groups excluding carboxylic acids is 2. The van der Waals surface area contributed by atoms with Crippen LogP contribution in [-0.2, 0) is 16.0 Å². The van der Waals surface area contributed by atoms with Gasteiger partial charge in [-0.25, -0.2) is 0 Å². The Morgan fingerprint density at radius 2 is 1.74 bits per heavy atom. The highest BCUT2D eigenvalue weighted by molar-refractivity contribution is 5.88. The van der Waals surface area contributed by atoms with E-state index in [1.54, 1.807) is 22.1 Å². The molecule has 1 aromatic heterocycles. The van der Waals surface area contributed by atoms with Crippen molar-refractivity contribution >= 4 is 11.8 Å². The molecular weight excluding hydrogens is 390 g/mol. The molecule has 2 fully saturated rings. The molecule has 1 unspecified atom stereocenters. The third-order valence-electron chi connectivity index (χ3n) is 6.49. The third kappa shape index (κ3) is 4.96. The topological polar surface area (TPSA) is 73.7 Å². The van der Waals surface area contributed by atoms with Gasteiger partial charge in [-0.3, -0.25) is 14.6 Å². The molecule has 0 radical (unpaired) electrons. The smallest absolute Gasteiger partial charge is 0.245 e. The Morgan fingerprint density at radius 1 is 1.00 bits per heavy atom. The number of pyridine rings is 1. The van der Waals surface area contributed by atoms with Crippen molar-refractivity contribution in [3.63, 3.8) is 0 Å². The summed E-state index contributed by atoms with van der Waals surface area (Å²) in [6.45, 7) is 1.27. The summed E-state index contributed by atoms with van der Waals surface area (Å²) in [6.07, 6.45) is 6.12. The fourth-order valence-corrected chi connectivity index (χ4v) is 4.89. The molecule has 164 valence electrons.